The molecule has 0 spiro atoms. The third-order valence-corrected chi connectivity index (χ3v) is 3.81. The van der Waals surface area contributed by atoms with E-state index in [0.717, 1.165) is 5.56 Å². The van der Waals surface area contributed by atoms with Crippen LogP contribution in [0.5, 0.6) is 5.75 Å². The summed E-state index contributed by atoms with van der Waals surface area (Å²) in [5.41, 5.74) is 0.473. The Balaban J connectivity index is 2.13. The van der Waals surface area contributed by atoms with E-state index in [0.29, 0.717) is 11.2 Å². The quantitative estimate of drug-likeness (QED) is 0.892. The van der Waals surface area contributed by atoms with E-state index in [4.69, 9.17) is 9.84 Å². The monoisotopic (exact) mass is 281 g/mol. The number of hydrogen-bond acceptors (Lipinski definition) is 5. The second-order valence-electron chi connectivity index (χ2n) is 3.96. The van der Waals surface area contributed by atoms with Gasteiger partial charge in [-0.3, -0.25) is 0 Å². The molecule has 1 aromatic rings. The Hall–Kier alpha value is -2.15. The van der Waals surface area contributed by atoms with Crippen LogP contribution in [0, 0.1) is 6.92 Å². The fraction of sp³-hybridized carbons (Fsp3) is 0.167. The van der Waals surface area contributed by atoms with Crippen molar-refractivity contribution >= 4 is 20.9 Å². The van der Waals surface area contributed by atoms with Gasteiger partial charge < -0.3 is 9.84 Å². The third-order valence-electron chi connectivity index (χ3n) is 2.41. The zero-order valence-corrected chi connectivity index (χ0v) is 10.8. The van der Waals surface area contributed by atoms with Crippen LogP contribution < -0.4 is 4.74 Å². The highest BCUT2D eigenvalue weighted by Crippen LogP contribution is 2.17. The van der Waals surface area contributed by atoms with Crippen LogP contribution in [0.25, 0.3) is 0 Å². The predicted octanol–water partition coefficient (Wildman–Crippen LogP) is 1.13. The van der Waals surface area contributed by atoms with E-state index in [1.165, 1.54) is 0 Å². The van der Waals surface area contributed by atoms with Crippen molar-refractivity contribution in [3.63, 3.8) is 0 Å². The van der Waals surface area contributed by atoms with Crippen LogP contribution in [0.1, 0.15) is 5.56 Å². The Morgan fingerprint density at radius 2 is 2.16 bits per heavy atom. The molecule has 0 saturated carbocycles. The molecule has 1 aromatic carbocycles. The van der Waals surface area contributed by atoms with Gasteiger partial charge in [0.05, 0.1) is 5.41 Å². The number of aliphatic imine (C=N–C) groups is 1. The molecule has 0 atom stereocenters. The van der Waals surface area contributed by atoms with Crippen LogP contribution in [0.4, 0.5) is 0 Å². The van der Waals surface area contributed by atoms with Crippen molar-refractivity contribution in [1.29, 1.82) is 0 Å². The molecule has 0 aromatic heterocycles. The summed E-state index contributed by atoms with van der Waals surface area (Å²) < 4.78 is 28.5. The normalized spacial score (nSPS) is 16.7. The van der Waals surface area contributed by atoms with Gasteiger partial charge in [0, 0.05) is 0 Å². The molecule has 1 aliphatic heterocycles. The lowest BCUT2D eigenvalue weighted by Gasteiger charge is -2.06. The summed E-state index contributed by atoms with van der Waals surface area (Å²) in [5.74, 6) is -0.879. The molecule has 0 saturated heterocycles. The van der Waals surface area contributed by atoms with Crippen LogP contribution in [0.3, 0.4) is 0 Å². The SMILES string of the molecule is Cc1cccc(OCC2=NC(C(=O)O)=CS2(=O)=O)c1. The van der Waals surface area contributed by atoms with Crippen LogP contribution in [-0.2, 0) is 14.6 Å². The summed E-state index contributed by atoms with van der Waals surface area (Å²) in [6.07, 6.45) is 0. The zero-order valence-electron chi connectivity index (χ0n) is 10.0. The molecule has 0 bridgehead atoms. The first-order valence-corrected chi connectivity index (χ1v) is 6.90. The number of carbonyl (C=O) groups is 1. The number of aryl methyl sites for hydroxylation is 1. The smallest absolute Gasteiger partial charge is 0.355 e. The van der Waals surface area contributed by atoms with E-state index < -0.39 is 21.5 Å². The molecule has 0 unspecified atom stereocenters. The third kappa shape index (κ3) is 3.00. The number of hydrogen-bond donors (Lipinski definition) is 1. The fourth-order valence-electron chi connectivity index (χ4n) is 1.50. The summed E-state index contributed by atoms with van der Waals surface area (Å²) >= 11 is 0. The number of nitrogens with zero attached hydrogens (tertiary/aromatic N) is 1. The summed E-state index contributed by atoms with van der Waals surface area (Å²) in [5, 5.41) is 9.03. The van der Waals surface area contributed by atoms with Gasteiger partial charge >= 0.3 is 5.97 Å². The maximum absolute atomic E-state index is 11.6. The molecule has 6 nitrogen and oxygen atoms in total. The lowest BCUT2D eigenvalue weighted by molar-refractivity contribution is -0.132. The molecule has 1 heterocycles. The number of carboxylic acid groups (broad SMARTS) is 1. The number of aliphatic carboxylic acids is 1. The maximum Gasteiger partial charge on any atom is 0.355 e. The summed E-state index contributed by atoms with van der Waals surface area (Å²) in [6.45, 7) is 1.58. The second kappa shape index (κ2) is 4.85. The highest BCUT2D eigenvalue weighted by molar-refractivity contribution is 8.09. The van der Waals surface area contributed by atoms with Crippen molar-refractivity contribution in [2.24, 2.45) is 4.99 Å². The van der Waals surface area contributed by atoms with Gasteiger partial charge in [-0.15, -0.1) is 0 Å². The first-order chi connectivity index (χ1) is 8.88. The molecule has 0 aliphatic carbocycles. The predicted molar refractivity (Wildman–Crippen MR) is 68.7 cm³/mol. The molecule has 0 amide bonds. The van der Waals surface area contributed by atoms with E-state index in [1.54, 1.807) is 18.2 Å². The van der Waals surface area contributed by atoms with Gasteiger partial charge in [0.25, 0.3) is 0 Å². The van der Waals surface area contributed by atoms with Gasteiger partial charge in [-0.05, 0) is 24.6 Å². The molecule has 2 rings (SSSR count). The Kier molecular flexibility index (Phi) is 3.39. The topological polar surface area (TPSA) is 93.0 Å². The van der Waals surface area contributed by atoms with Crippen LogP contribution in [0.15, 0.2) is 40.4 Å². The zero-order chi connectivity index (χ0) is 14.0. The molecule has 100 valence electrons. The van der Waals surface area contributed by atoms with Crippen LogP contribution in [-0.4, -0.2) is 31.1 Å². The van der Waals surface area contributed by atoms with Gasteiger partial charge in [-0.2, -0.15) is 0 Å². The van der Waals surface area contributed by atoms with E-state index in [9.17, 15) is 13.2 Å². The van der Waals surface area contributed by atoms with Gasteiger partial charge in [0.1, 0.15) is 12.4 Å². The standard InChI is InChI=1S/C12H11NO5S/c1-8-3-2-4-9(5-8)18-6-11-13-10(12(14)15)7-19(11,16)17/h2-5,7H,6H2,1H3,(H,14,15). The summed E-state index contributed by atoms with van der Waals surface area (Å²) in [4.78, 5) is 14.2. The number of rotatable bonds is 4. The van der Waals surface area contributed by atoms with Gasteiger partial charge in [-0.1, -0.05) is 12.1 Å². The first kappa shape index (κ1) is 13.3. The minimum Gasteiger partial charge on any atom is -0.487 e. The first-order valence-electron chi connectivity index (χ1n) is 5.35. The van der Waals surface area contributed by atoms with E-state index in [-0.39, 0.29) is 11.7 Å². The van der Waals surface area contributed by atoms with Crippen molar-refractivity contribution in [1.82, 2.24) is 0 Å². The Morgan fingerprint density at radius 3 is 2.74 bits per heavy atom. The molecule has 7 heteroatoms. The van der Waals surface area contributed by atoms with Crippen molar-refractivity contribution in [2.45, 2.75) is 6.92 Å². The van der Waals surface area contributed by atoms with Crippen molar-refractivity contribution in [3.8, 4) is 5.75 Å². The van der Waals surface area contributed by atoms with Crippen molar-refractivity contribution in [2.75, 3.05) is 6.61 Å². The maximum atomic E-state index is 11.6. The summed E-state index contributed by atoms with van der Waals surface area (Å²) in [7, 11) is -3.78. The highest BCUT2D eigenvalue weighted by Gasteiger charge is 2.28. The molecular weight excluding hydrogens is 270 g/mol. The Morgan fingerprint density at radius 1 is 1.42 bits per heavy atom. The minimum atomic E-state index is -3.78. The van der Waals surface area contributed by atoms with Crippen LogP contribution >= 0.6 is 0 Å². The molecule has 1 aliphatic rings. The van der Waals surface area contributed by atoms with Crippen molar-refractivity contribution in [3.05, 3.63) is 40.9 Å². The lowest BCUT2D eigenvalue weighted by Crippen LogP contribution is -2.17. The van der Waals surface area contributed by atoms with E-state index >= 15 is 0 Å². The van der Waals surface area contributed by atoms with Gasteiger partial charge in [-0.25, -0.2) is 18.2 Å². The van der Waals surface area contributed by atoms with E-state index in [2.05, 4.69) is 4.99 Å². The number of ether oxygens (including phenoxy) is 1. The highest BCUT2D eigenvalue weighted by atomic mass is 32.2. The number of benzene rings is 1. The lowest BCUT2D eigenvalue weighted by atomic mass is 10.2. The number of sulfone groups is 1. The minimum absolute atomic E-state index is 0.293. The Labute approximate surface area is 110 Å². The molecule has 19 heavy (non-hydrogen) atoms. The van der Waals surface area contributed by atoms with Gasteiger partial charge in [0.15, 0.2) is 10.7 Å². The average molecular weight is 281 g/mol. The molecule has 1 N–H and O–H groups in total. The molecular formula is C12H11NO5S. The second-order valence-corrected chi connectivity index (χ2v) is 5.76. The Bertz CT molecular complexity index is 688. The molecule has 0 fully saturated rings. The van der Waals surface area contributed by atoms with Crippen LogP contribution in [0.2, 0.25) is 0 Å². The van der Waals surface area contributed by atoms with Crippen molar-refractivity contribution < 1.29 is 23.1 Å². The fourth-order valence-corrected chi connectivity index (χ4v) is 2.53. The molecule has 0 radical (unpaired) electrons. The van der Waals surface area contributed by atoms with Gasteiger partial charge in [0.2, 0.25) is 9.84 Å². The summed E-state index contributed by atoms with van der Waals surface area (Å²) in [6, 6.07) is 7.08. The van der Waals surface area contributed by atoms with E-state index in [1.807, 2.05) is 13.0 Å². The number of carboxylic acids is 1. The largest absolute Gasteiger partial charge is 0.487 e. The average Bonchev–Trinajstić information content (AvgIpc) is 2.62.